The van der Waals surface area contributed by atoms with E-state index in [1.54, 1.807) is 0 Å². The van der Waals surface area contributed by atoms with Crippen LogP contribution < -0.4 is 16.4 Å². The summed E-state index contributed by atoms with van der Waals surface area (Å²) in [5.41, 5.74) is 7.76. The topological polar surface area (TPSA) is 87.5 Å². The number of urea groups is 1. The lowest BCUT2D eigenvalue weighted by atomic mass is 9.86. The van der Waals surface area contributed by atoms with Gasteiger partial charge in [0.1, 0.15) is 5.82 Å². The molecule has 3 rings (SSSR count). The highest BCUT2D eigenvalue weighted by Crippen LogP contribution is 2.24. The van der Waals surface area contributed by atoms with E-state index in [4.69, 9.17) is 5.73 Å². The molecular weight excluding hydrogens is 383 g/mol. The Morgan fingerprint density at radius 2 is 1.87 bits per heavy atom. The van der Waals surface area contributed by atoms with Crippen molar-refractivity contribution in [3.05, 3.63) is 65.0 Å². The molecule has 30 heavy (non-hydrogen) atoms. The second kappa shape index (κ2) is 8.83. The van der Waals surface area contributed by atoms with Gasteiger partial charge in [0.2, 0.25) is 0 Å². The van der Waals surface area contributed by atoms with Crippen LogP contribution >= 0.6 is 0 Å². The van der Waals surface area contributed by atoms with E-state index in [0.29, 0.717) is 12.2 Å². The zero-order valence-electron chi connectivity index (χ0n) is 17.7. The first kappa shape index (κ1) is 21.8. The Balaban J connectivity index is 1.66. The lowest BCUT2D eigenvalue weighted by Gasteiger charge is -2.37. The molecule has 3 amide bonds. The van der Waals surface area contributed by atoms with Crippen LogP contribution in [0.4, 0.5) is 14.9 Å². The number of rotatable bonds is 5. The smallest absolute Gasteiger partial charge is 0.319 e. The normalized spacial score (nSPS) is 15.2. The summed E-state index contributed by atoms with van der Waals surface area (Å²) >= 11 is 0. The van der Waals surface area contributed by atoms with Gasteiger partial charge in [-0.2, -0.15) is 0 Å². The molecule has 7 heteroatoms. The highest BCUT2D eigenvalue weighted by molar-refractivity contribution is 5.96. The standard InChI is InChI=1S/C23H29FN4O2/c1-23(2,3)20(14-28-11-10-15-6-4-5-7-16(15)13-28)27-22(30)26-17-8-9-19(24)18(12-17)21(25)29/h4-9,12,20H,10-11,13-14H2,1-3H3,(H2,25,29)(H2,26,27,30). The lowest BCUT2D eigenvalue weighted by molar-refractivity contribution is 0.0996. The van der Waals surface area contributed by atoms with Crippen LogP contribution in [-0.2, 0) is 13.0 Å². The van der Waals surface area contributed by atoms with Crippen molar-refractivity contribution in [1.29, 1.82) is 0 Å². The maximum Gasteiger partial charge on any atom is 0.319 e. The fourth-order valence-corrected chi connectivity index (χ4v) is 3.62. The van der Waals surface area contributed by atoms with Crippen LogP contribution in [0.25, 0.3) is 0 Å². The molecule has 2 aromatic rings. The van der Waals surface area contributed by atoms with Crippen molar-refractivity contribution in [2.75, 3.05) is 18.4 Å². The van der Waals surface area contributed by atoms with E-state index >= 15 is 0 Å². The van der Waals surface area contributed by atoms with Crippen LogP contribution in [0.5, 0.6) is 0 Å². The number of nitrogens with one attached hydrogen (secondary N) is 2. The van der Waals surface area contributed by atoms with Crippen molar-refractivity contribution in [2.45, 2.75) is 39.8 Å². The molecule has 4 N–H and O–H groups in total. The number of hydrogen-bond acceptors (Lipinski definition) is 3. The molecule has 0 aromatic heterocycles. The zero-order valence-corrected chi connectivity index (χ0v) is 17.7. The first-order chi connectivity index (χ1) is 14.1. The van der Waals surface area contributed by atoms with Gasteiger partial charge in [-0.1, -0.05) is 45.0 Å². The molecule has 1 aliphatic heterocycles. The lowest BCUT2D eigenvalue weighted by Crippen LogP contribution is -2.52. The van der Waals surface area contributed by atoms with Crippen molar-refractivity contribution >= 4 is 17.6 Å². The summed E-state index contributed by atoms with van der Waals surface area (Å²) in [6.45, 7) is 8.75. The molecule has 0 fully saturated rings. The second-order valence-electron chi connectivity index (χ2n) is 8.83. The maximum absolute atomic E-state index is 13.7. The van der Waals surface area contributed by atoms with E-state index in [1.807, 2.05) is 0 Å². The van der Waals surface area contributed by atoms with E-state index < -0.39 is 17.8 Å². The molecule has 1 aliphatic rings. The predicted octanol–water partition coefficient (Wildman–Crippen LogP) is 3.52. The number of carbonyl (C=O) groups excluding carboxylic acids is 2. The van der Waals surface area contributed by atoms with Gasteiger partial charge in [0.25, 0.3) is 5.91 Å². The minimum absolute atomic E-state index is 0.112. The van der Waals surface area contributed by atoms with Gasteiger partial charge >= 0.3 is 6.03 Å². The molecule has 2 aromatic carbocycles. The van der Waals surface area contributed by atoms with Crippen molar-refractivity contribution in [3.63, 3.8) is 0 Å². The Bertz CT molecular complexity index is 939. The quantitative estimate of drug-likeness (QED) is 0.702. The van der Waals surface area contributed by atoms with Gasteiger partial charge in [0.05, 0.1) is 5.56 Å². The van der Waals surface area contributed by atoms with E-state index in [2.05, 4.69) is 60.6 Å². The van der Waals surface area contributed by atoms with Crippen LogP contribution in [0, 0.1) is 11.2 Å². The summed E-state index contributed by atoms with van der Waals surface area (Å²) in [7, 11) is 0. The Morgan fingerprint density at radius 1 is 1.17 bits per heavy atom. The number of benzene rings is 2. The molecule has 0 spiro atoms. The fraction of sp³-hybridized carbons (Fsp3) is 0.391. The first-order valence-electron chi connectivity index (χ1n) is 10.1. The Hall–Kier alpha value is -2.93. The molecule has 1 atom stereocenters. The molecule has 1 heterocycles. The molecule has 6 nitrogen and oxygen atoms in total. The number of amides is 3. The van der Waals surface area contributed by atoms with Crippen molar-refractivity contribution in [2.24, 2.45) is 11.1 Å². The summed E-state index contributed by atoms with van der Waals surface area (Å²) in [6.07, 6.45) is 0.991. The molecule has 0 bridgehead atoms. The second-order valence-corrected chi connectivity index (χ2v) is 8.83. The average Bonchev–Trinajstić information content (AvgIpc) is 2.68. The van der Waals surface area contributed by atoms with E-state index in [9.17, 15) is 14.0 Å². The number of halogens is 1. The minimum Gasteiger partial charge on any atom is -0.366 e. The molecule has 0 saturated carbocycles. The van der Waals surface area contributed by atoms with Crippen LogP contribution in [0.15, 0.2) is 42.5 Å². The highest BCUT2D eigenvalue weighted by Gasteiger charge is 2.29. The largest absolute Gasteiger partial charge is 0.366 e. The summed E-state index contributed by atoms with van der Waals surface area (Å²) in [5, 5.41) is 5.72. The molecule has 0 aliphatic carbocycles. The average molecular weight is 413 g/mol. The van der Waals surface area contributed by atoms with Gasteiger partial charge in [0.15, 0.2) is 0 Å². The van der Waals surface area contributed by atoms with Crippen LogP contribution in [0.1, 0.15) is 42.3 Å². The molecule has 160 valence electrons. The van der Waals surface area contributed by atoms with Gasteiger partial charge in [-0.15, -0.1) is 0 Å². The zero-order chi connectivity index (χ0) is 21.9. The number of hydrogen-bond donors (Lipinski definition) is 3. The van der Waals surface area contributed by atoms with Crippen LogP contribution in [-0.4, -0.2) is 36.0 Å². The summed E-state index contributed by atoms with van der Waals surface area (Å²) in [4.78, 5) is 26.3. The van der Waals surface area contributed by atoms with Gasteiger partial charge in [-0.05, 0) is 41.2 Å². The number of carbonyl (C=O) groups is 2. The van der Waals surface area contributed by atoms with Crippen molar-refractivity contribution in [3.8, 4) is 0 Å². The Labute approximate surface area is 176 Å². The van der Waals surface area contributed by atoms with Gasteiger partial charge in [-0.25, -0.2) is 9.18 Å². The first-order valence-corrected chi connectivity index (χ1v) is 10.1. The van der Waals surface area contributed by atoms with Crippen LogP contribution in [0.2, 0.25) is 0 Å². The third-order valence-corrected chi connectivity index (χ3v) is 5.49. The Morgan fingerprint density at radius 3 is 2.53 bits per heavy atom. The van der Waals surface area contributed by atoms with Gasteiger partial charge in [0, 0.05) is 31.4 Å². The fourth-order valence-electron chi connectivity index (χ4n) is 3.62. The molecule has 0 radical (unpaired) electrons. The third-order valence-electron chi connectivity index (χ3n) is 5.49. The minimum atomic E-state index is -0.880. The molecular formula is C23H29FN4O2. The molecule has 1 unspecified atom stereocenters. The number of fused-ring (bicyclic) bond motifs is 1. The number of nitrogens with two attached hydrogens (primary N) is 1. The SMILES string of the molecule is CC(C)(C)C(CN1CCc2ccccc2C1)NC(=O)Nc1ccc(F)c(C(N)=O)c1. The van der Waals surface area contributed by atoms with Gasteiger partial charge < -0.3 is 16.4 Å². The number of nitrogens with zero attached hydrogens (tertiary/aromatic N) is 1. The summed E-state index contributed by atoms with van der Waals surface area (Å²) in [5.74, 6) is -1.60. The third kappa shape index (κ3) is 5.36. The molecule has 0 saturated heterocycles. The number of primary amides is 1. The van der Waals surface area contributed by atoms with E-state index in [-0.39, 0.29) is 17.0 Å². The van der Waals surface area contributed by atoms with Gasteiger partial charge in [-0.3, -0.25) is 9.69 Å². The van der Waals surface area contributed by atoms with E-state index in [1.165, 1.54) is 23.3 Å². The van der Waals surface area contributed by atoms with Crippen molar-refractivity contribution in [1.82, 2.24) is 10.2 Å². The van der Waals surface area contributed by atoms with E-state index in [0.717, 1.165) is 25.6 Å². The van der Waals surface area contributed by atoms with Crippen molar-refractivity contribution < 1.29 is 14.0 Å². The monoisotopic (exact) mass is 412 g/mol. The summed E-state index contributed by atoms with van der Waals surface area (Å²) < 4.78 is 13.7. The Kier molecular flexibility index (Phi) is 6.41. The summed E-state index contributed by atoms with van der Waals surface area (Å²) in [6, 6.07) is 11.7. The highest BCUT2D eigenvalue weighted by atomic mass is 19.1. The maximum atomic E-state index is 13.7. The predicted molar refractivity (Wildman–Crippen MR) is 116 cm³/mol. The van der Waals surface area contributed by atoms with Crippen LogP contribution in [0.3, 0.4) is 0 Å². The number of anilines is 1.